The number of rotatable bonds is 7. The molecule has 0 aromatic rings. The van der Waals surface area contributed by atoms with Crippen LogP contribution in [0.4, 0.5) is 0 Å². The van der Waals surface area contributed by atoms with Crippen LogP contribution in [0.3, 0.4) is 0 Å². The molecule has 1 rings (SSSR count). The molecule has 0 saturated heterocycles. The van der Waals surface area contributed by atoms with Crippen molar-refractivity contribution in [3.63, 3.8) is 0 Å². The third kappa shape index (κ3) is 9.12. The second kappa shape index (κ2) is 12.6. The monoisotopic (exact) mass is 282 g/mol. The zero-order valence-electron chi connectivity index (χ0n) is 13.0. The summed E-state index contributed by atoms with van der Waals surface area (Å²) in [5.74, 6) is 1.19. The Morgan fingerprint density at radius 3 is 2.47 bits per heavy atom. The topological polar surface area (TPSA) is 20.2 Å². The van der Waals surface area contributed by atoms with Gasteiger partial charge in [-0.15, -0.1) is 11.8 Å². The molecular weight excluding hydrogens is 252 g/mol. The van der Waals surface area contributed by atoms with Crippen molar-refractivity contribution < 1.29 is 5.11 Å². The molecule has 0 aliphatic heterocycles. The van der Waals surface area contributed by atoms with Gasteiger partial charge in [-0.05, 0) is 50.5 Å². The largest absolute Gasteiger partial charge is 0.396 e. The Morgan fingerprint density at radius 1 is 1.11 bits per heavy atom. The lowest BCUT2D eigenvalue weighted by Gasteiger charge is -2.05. The van der Waals surface area contributed by atoms with E-state index in [0.717, 1.165) is 19.3 Å². The summed E-state index contributed by atoms with van der Waals surface area (Å²) in [6, 6.07) is 0. The fraction of sp³-hybridized carbons (Fsp3) is 0.647. The van der Waals surface area contributed by atoms with Crippen LogP contribution in [-0.4, -0.2) is 17.5 Å². The molecule has 1 aliphatic rings. The molecular formula is C17H30OS. The van der Waals surface area contributed by atoms with E-state index in [4.69, 9.17) is 5.11 Å². The Hall–Kier alpha value is -0.470. The highest BCUT2D eigenvalue weighted by molar-refractivity contribution is 8.03. The summed E-state index contributed by atoms with van der Waals surface area (Å²) >= 11 is 1.97. The lowest BCUT2D eigenvalue weighted by Crippen LogP contribution is -1.87. The molecule has 1 aliphatic carbocycles. The van der Waals surface area contributed by atoms with Crippen LogP contribution >= 0.6 is 11.8 Å². The summed E-state index contributed by atoms with van der Waals surface area (Å²) in [5, 5.41) is 8.69. The van der Waals surface area contributed by atoms with E-state index in [2.05, 4.69) is 32.1 Å². The number of unbranched alkanes of at least 4 members (excludes halogenated alkanes) is 3. The minimum atomic E-state index is 0.337. The maximum atomic E-state index is 8.69. The normalized spacial score (nSPS) is 14.7. The molecule has 0 saturated carbocycles. The second-order valence-corrected chi connectivity index (χ2v) is 5.77. The van der Waals surface area contributed by atoms with Gasteiger partial charge in [-0.25, -0.2) is 0 Å². The van der Waals surface area contributed by atoms with Crippen molar-refractivity contribution in [3.8, 4) is 0 Å². The fourth-order valence-corrected chi connectivity index (χ4v) is 2.95. The van der Waals surface area contributed by atoms with Gasteiger partial charge in [-0.1, -0.05) is 44.4 Å². The van der Waals surface area contributed by atoms with Gasteiger partial charge in [-0.3, -0.25) is 0 Å². The maximum absolute atomic E-state index is 8.69. The Bertz CT molecular complexity index is 313. The van der Waals surface area contributed by atoms with E-state index < -0.39 is 0 Å². The summed E-state index contributed by atoms with van der Waals surface area (Å²) in [6.07, 6.45) is 12.5. The molecule has 0 spiro atoms. The van der Waals surface area contributed by atoms with Crippen molar-refractivity contribution in [2.24, 2.45) is 0 Å². The molecule has 0 bridgehead atoms. The van der Waals surface area contributed by atoms with Gasteiger partial charge >= 0.3 is 0 Å². The average Bonchev–Trinajstić information content (AvgIpc) is 2.58. The van der Waals surface area contributed by atoms with Crippen molar-refractivity contribution in [3.05, 3.63) is 34.3 Å². The molecule has 19 heavy (non-hydrogen) atoms. The fourth-order valence-electron chi connectivity index (χ4n) is 1.81. The lowest BCUT2D eigenvalue weighted by atomic mass is 10.2. The van der Waals surface area contributed by atoms with Crippen LogP contribution in [0.5, 0.6) is 0 Å². The molecule has 0 aromatic carbocycles. The van der Waals surface area contributed by atoms with Crippen molar-refractivity contribution in [1.29, 1.82) is 0 Å². The van der Waals surface area contributed by atoms with Gasteiger partial charge in [-0.2, -0.15) is 0 Å². The standard InChI is InChI=1S/C15H24OS.C2H6/c1-13-8-7-9-14(2)15(12-13)17-11-6-4-3-5-10-16;1-2/h7,9,12,16H,3-6,8,10-11H2,1-2H3;1-2H3. The van der Waals surface area contributed by atoms with Gasteiger partial charge in [0.1, 0.15) is 0 Å². The summed E-state index contributed by atoms with van der Waals surface area (Å²) in [7, 11) is 0. The second-order valence-electron chi connectivity index (χ2n) is 4.63. The summed E-state index contributed by atoms with van der Waals surface area (Å²) in [4.78, 5) is 1.43. The van der Waals surface area contributed by atoms with Crippen molar-refractivity contribution in [2.45, 2.75) is 59.8 Å². The van der Waals surface area contributed by atoms with E-state index in [1.807, 2.05) is 25.6 Å². The van der Waals surface area contributed by atoms with Crippen LogP contribution in [-0.2, 0) is 0 Å². The SMILES string of the molecule is CC.CC1=CC(SCCCCCCO)=C(C)C=CC1. The van der Waals surface area contributed by atoms with Crippen LogP contribution in [0.2, 0.25) is 0 Å². The maximum Gasteiger partial charge on any atom is 0.0431 e. The Balaban J connectivity index is 0.00000154. The van der Waals surface area contributed by atoms with Crippen molar-refractivity contribution in [1.82, 2.24) is 0 Å². The van der Waals surface area contributed by atoms with Crippen LogP contribution < -0.4 is 0 Å². The average molecular weight is 282 g/mol. The van der Waals surface area contributed by atoms with E-state index in [-0.39, 0.29) is 0 Å². The van der Waals surface area contributed by atoms with Gasteiger partial charge in [0.2, 0.25) is 0 Å². The third-order valence-corrected chi connectivity index (χ3v) is 4.13. The van der Waals surface area contributed by atoms with Crippen molar-refractivity contribution in [2.75, 3.05) is 12.4 Å². The smallest absolute Gasteiger partial charge is 0.0431 e. The highest BCUT2D eigenvalue weighted by atomic mass is 32.2. The highest BCUT2D eigenvalue weighted by Crippen LogP contribution is 2.27. The first-order valence-corrected chi connectivity index (χ1v) is 8.51. The molecule has 0 aromatic heterocycles. The molecule has 1 nitrogen and oxygen atoms in total. The van der Waals surface area contributed by atoms with E-state index in [1.54, 1.807) is 0 Å². The molecule has 0 atom stereocenters. The van der Waals surface area contributed by atoms with Gasteiger partial charge in [0, 0.05) is 11.5 Å². The third-order valence-electron chi connectivity index (χ3n) is 2.88. The van der Waals surface area contributed by atoms with E-state index in [1.165, 1.54) is 34.6 Å². The molecule has 0 amide bonds. The Kier molecular flexibility index (Phi) is 12.2. The number of aliphatic hydroxyl groups is 1. The molecule has 0 unspecified atom stereocenters. The van der Waals surface area contributed by atoms with E-state index in [0.29, 0.717) is 6.61 Å². The first-order valence-electron chi connectivity index (χ1n) is 7.52. The van der Waals surface area contributed by atoms with Crippen LogP contribution in [0.1, 0.15) is 59.8 Å². The summed E-state index contributed by atoms with van der Waals surface area (Å²) in [5.41, 5.74) is 2.84. The molecule has 0 radical (unpaired) electrons. The summed E-state index contributed by atoms with van der Waals surface area (Å²) < 4.78 is 0. The first kappa shape index (κ1) is 18.5. The Labute approximate surface area is 123 Å². The van der Waals surface area contributed by atoms with Gasteiger partial charge in [0.15, 0.2) is 0 Å². The quantitative estimate of drug-likeness (QED) is 0.624. The van der Waals surface area contributed by atoms with E-state index in [9.17, 15) is 0 Å². The molecule has 0 fully saturated rings. The van der Waals surface area contributed by atoms with E-state index >= 15 is 0 Å². The zero-order chi connectivity index (χ0) is 14.5. The molecule has 1 N–H and O–H groups in total. The number of allylic oxidation sites excluding steroid dienone is 5. The van der Waals surface area contributed by atoms with Crippen LogP contribution in [0, 0.1) is 0 Å². The Morgan fingerprint density at radius 2 is 1.79 bits per heavy atom. The van der Waals surface area contributed by atoms with Crippen molar-refractivity contribution >= 4 is 11.8 Å². The predicted octanol–water partition coefficient (Wildman–Crippen LogP) is 5.48. The number of aliphatic hydroxyl groups excluding tert-OH is 1. The van der Waals surface area contributed by atoms with Gasteiger partial charge in [0.05, 0.1) is 0 Å². The molecule has 0 heterocycles. The minimum Gasteiger partial charge on any atom is -0.396 e. The minimum absolute atomic E-state index is 0.337. The number of thioether (sulfide) groups is 1. The van der Waals surface area contributed by atoms with Crippen LogP contribution in [0.25, 0.3) is 0 Å². The van der Waals surface area contributed by atoms with Gasteiger partial charge < -0.3 is 5.11 Å². The number of hydrogen-bond donors (Lipinski definition) is 1. The lowest BCUT2D eigenvalue weighted by molar-refractivity contribution is 0.283. The number of hydrogen-bond acceptors (Lipinski definition) is 2. The predicted molar refractivity (Wildman–Crippen MR) is 89.6 cm³/mol. The summed E-state index contributed by atoms with van der Waals surface area (Å²) in [6.45, 7) is 8.73. The van der Waals surface area contributed by atoms with Gasteiger partial charge in [0.25, 0.3) is 0 Å². The molecule has 2 heteroatoms. The highest BCUT2D eigenvalue weighted by Gasteiger charge is 2.03. The zero-order valence-corrected chi connectivity index (χ0v) is 13.9. The first-order chi connectivity index (χ1) is 9.24. The molecule has 110 valence electrons. The van der Waals surface area contributed by atoms with Crippen LogP contribution in [0.15, 0.2) is 34.3 Å².